The number of halogens is 3. The molecular weight excluding hydrogens is 431 g/mol. The Balaban J connectivity index is 1.64. The molecule has 1 aliphatic heterocycles. The van der Waals surface area contributed by atoms with Gasteiger partial charge in [-0.1, -0.05) is 6.07 Å². The van der Waals surface area contributed by atoms with Crippen LogP contribution < -0.4 is 5.56 Å². The number of carbonyl (C=O) groups is 1. The highest BCUT2D eigenvalue weighted by Crippen LogP contribution is 2.34. The van der Waals surface area contributed by atoms with Gasteiger partial charge in [0.05, 0.1) is 10.6 Å². The molecule has 0 aromatic carbocycles. The molecule has 0 bridgehead atoms. The van der Waals surface area contributed by atoms with Crippen molar-refractivity contribution in [3.63, 3.8) is 0 Å². The van der Waals surface area contributed by atoms with Crippen LogP contribution in [0.2, 0.25) is 0 Å². The summed E-state index contributed by atoms with van der Waals surface area (Å²) in [4.78, 5) is 34.7. The van der Waals surface area contributed by atoms with Gasteiger partial charge < -0.3 is 4.90 Å². The summed E-state index contributed by atoms with van der Waals surface area (Å²) < 4.78 is 41.5. The van der Waals surface area contributed by atoms with Crippen molar-refractivity contribution in [1.29, 1.82) is 0 Å². The molecular formula is C20H18F3N5O2S. The Morgan fingerprint density at radius 1 is 1.23 bits per heavy atom. The first-order chi connectivity index (χ1) is 14.7. The summed E-state index contributed by atoms with van der Waals surface area (Å²) in [5.74, 6) is -0.749. The molecule has 11 heteroatoms. The van der Waals surface area contributed by atoms with Gasteiger partial charge in [0, 0.05) is 32.1 Å². The predicted molar refractivity (Wildman–Crippen MR) is 108 cm³/mol. The second-order valence-corrected chi connectivity index (χ2v) is 8.19. The third-order valence-electron chi connectivity index (χ3n) is 5.06. The number of carbonyl (C=O) groups excluding carboxylic acids is 1. The van der Waals surface area contributed by atoms with Crippen LogP contribution in [0, 0.1) is 0 Å². The molecule has 0 radical (unpaired) electrons. The van der Waals surface area contributed by atoms with Crippen LogP contribution in [0.3, 0.4) is 0 Å². The quantitative estimate of drug-likeness (QED) is 0.613. The van der Waals surface area contributed by atoms with Gasteiger partial charge in [-0.05, 0) is 36.4 Å². The van der Waals surface area contributed by atoms with E-state index in [1.807, 2.05) is 0 Å². The van der Waals surface area contributed by atoms with Crippen molar-refractivity contribution in [3.05, 3.63) is 63.3 Å². The van der Waals surface area contributed by atoms with Gasteiger partial charge in [-0.15, -0.1) is 11.3 Å². The first kappa shape index (κ1) is 21.2. The Hall–Kier alpha value is -3.08. The van der Waals surface area contributed by atoms with Gasteiger partial charge in [0.1, 0.15) is 17.2 Å². The first-order valence-corrected chi connectivity index (χ1v) is 10.4. The Kier molecular flexibility index (Phi) is 5.61. The zero-order chi connectivity index (χ0) is 22.2. The highest BCUT2D eigenvalue weighted by Gasteiger charge is 2.36. The third-order valence-corrected chi connectivity index (χ3v) is 5.95. The van der Waals surface area contributed by atoms with Crippen LogP contribution in [0.4, 0.5) is 13.2 Å². The van der Waals surface area contributed by atoms with Gasteiger partial charge >= 0.3 is 6.18 Å². The largest absolute Gasteiger partial charge is 0.433 e. The SMILES string of the molecule is Cn1nc(C(=O)N2CCC[C@H](c3nc(-c4cccs4)cc(C(F)(F)F)n3)C2)ccc1=O. The lowest BCUT2D eigenvalue weighted by molar-refractivity contribution is -0.141. The minimum atomic E-state index is -4.60. The van der Waals surface area contributed by atoms with Gasteiger partial charge in [-0.25, -0.2) is 14.6 Å². The molecule has 3 aromatic heterocycles. The van der Waals surface area contributed by atoms with Crippen LogP contribution in [0.25, 0.3) is 10.6 Å². The van der Waals surface area contributed by atoms with Crippen molar-refractivity contribution < 1.29 is 18.0 Å². The fraction of sp³-hybridized carbons (Fsp3) is 0.350. The summed E-state index contributed by atoms with van der Waals surface area (Å²) in [6.45, 7) is 0.616. The highest BCUT2D eigenvalue weighted by atomic mass is 32.1. The summed E-state index contributed by atoms with van der Waals surface area (Å²) in [6.07, 6.45) is -3.45. The van der Waals surface area contributed by atoms with E-state index in [1.54, 1.807) is 17.5 Å². The summed E-state index contributed by atoms with van der Waals surface area (Å²) >= 11 is 1.30. The van der Waals surface area contributed by atoms with Crippen LogP contribution in [-0.2, 0) is 13.2 Å². The molecule has 0 aliphatic carbocycles. The molecule has 1 atom stereocenters. The lowest BCUT2D eigenvalue weighted by Gasteiger charge is -2.32. The van der Waals surface area contributed by atoms with E-state index in [1.165, 1.54) is 35.4 Å². The number of likely N-dealkylation sites (tertiary alicyclic amines) is 1. The zero-order valence-corrected chi connectivity index (χ0v) is 17.3. The molecule has 1 aliphatic rings. The van der Waals surface area contributed by atoms with Crippen LogP contribution in [0.5, 0.6) is 0 Å². The van der Waals surface area contributed by atoms with Gasteiger partial charge in [0.2, 0.25) is 0 Å². The minimum absolute atomic E-state index is 0.0733. The summed E-state index contributed by atoms with van der Waals surface area (Å²) in [7, 11) is 1.45. The van der Waals surface area contributed by atoms with Crippen molar-refractivity contribution in [2.75, 3.05) is 13.1 Å². The number of alkyl halides is 3. The molecule has 0 spiro atoms. The van der Waals surface area contributed by atoms with E-state index < -0.39 is 17.8 Å². The third kappa shape index (κ3) is 4.50. The molecule has 1 amide bonds. The fourth-order valence-corrected chi connectivity index (χ4v) is 4.18. The molecule has 4 rings (SSSR count). The maximum Gasteiger partial charge on any atom is 0.433 e. The van der Waals surface area contributed by atoms with Crippen molar-refractivity contribution in [2.45, 2.75) is 24.9 Å². The number of hydrogen-bond acceptors (Lipinski definition) is 6. The van der Waals surface area contributed by atoms with Gasteiger partial charge in [-0.2, -0.15) is 18.3 Å². The van der Waals surface area contributed by atoms with E-state index >= 15 is 0 Å². The standard InChI is InChI=1S/C20H18F3N5O2S/c1-27-17(29)7-6-13(26-27)19(30)28-8-2-4-12(11-28)18-24-14(15-5-3-9-31-15)10-16(25-18)20(21,22)23/h3,5-7,9-10,12H,2,4,8,11H2,1H3/t12-/m0/s1. The lowest BCUT2D eigenvalue weighted by atomic mass is 9.96. The number of aryl methyl sites for hydroxylation is 1. The normalized spacial score (nSPS) is 17.0. The maximum absolute atomic E-state index is 13.5. The van der Waals surface area contributed by atoms with Crippen molar-refractivity contribution in [2.24, 2.45) is 7.05 Å². The van der Waals surface area contributed by atoms with Crippen LogP contribution in [-0.4, -0.2) is 43.6 Å². The number of amides is 1. The molecule has 0 saturated carbocycles. The highest BCUT2D eigenvalue weighted by molar-refractivity contribution is 7.13. The van der Waals surface area contributed by atoms with Gasteiger partial charge in [0.25, 0.3) is 11.5 Å². The Morgan fingerprint density at radius 3 is 2.71 bits per heavy atom. The Morgan fingerprint density at radius 2 is 2.03 bits per heavy atom. The predicted octanol–water partition coefficient (Wildman–Crippen LogP) is 3.34. The number of nitrogens with zero attached hydrogens (tertiary/aromatic N) is 5. The summed E-state index contributed by atoms with van der Waals surface area (Å²) in [5, 5.41) is 5.74. The molecule has 1 saturated heterocycles. The van der Waals surface area contributed by atoms with E-state index in [-0.39, 0.29) is 35.2 Å². The van der Waals surface area contributed by atoms with E-state index in [9.17, 15) is 22.8 Å². The Labute approximate surface area is 179 Å². The number of rotatable bonds is 3. The number of aromatic nitrogens is 4. The monoisotopic (exact) mass is 449 g/mol. The number of thiophene rings is 1. The van der Waals surface area contributed by atoms with E-state index in [4.69, 9.17) is 0 Å². The first-order valence-electron chi connectivity index (χ1n) is 9.56. The molecule has 31 heavy (non-hydrogen) atoms. The summed E-state index contributed by atoms with van der Waals surface area (Å²) in [5.41, 5.74) is -1.02. The van der Waals surface area contributed by atoms with Crippen LogP contribution in [0.1, 0.15) is 40.8 Å². The van der Waals surface area contributed by atoms with Crippen molar-refractivity contribution >= 4 is 17.2 Å². The molecule has 4 heterocycles. The van der Waals surface area contributed by atoms with E-state index in [0.717, 1.165) is 10.7 Å². The fourth-order valence-electron chi connectivity index (χ4n) is 3.49. The van der Waals surface area contributed by atoms with Gasteiger partial charge in [-0.3, -0.25) is 9.59 Å². The molecule has 1 fully saturated rings. The van der Waals surface area contributed by atoms with E-state index in [0.29, 0.717) is 24.3 Å². The molecule has 0 N–H and O–H groups in total. The number of piperidine rings is 1. The average molecular weight is 449 g/mol. The maximum atomic E-state index is 13.5. The van der Waals surface area contributed by atoms with Crippen LogP contribution >= 0.6 is 11.3 Å². The minimum Gasteiger partial charge on any atom is -0.337 e. The second kappa shape index (κ2) is 8.22. The van der Waals surface area contributed by atoms with Crippen molar-refractivity contribution in [3.8, 4) is 10.6 Å². The molecule has 0 unspecified atom stereocenters. The van der Waals surface area contributed by atoms with Crippen LogP contribution in [0.15, 0.2) is 40.5 Å². The van der Waals surface area contributed by atoms with Crippen molar-refractivity contribution in [1.82, 2.24) is 24.6 Å². The average Bonchev–Trinajstić information content (AvgIpc) is 3.29. The second-order valence-electron chi connectivity index (χ2n) is 7.24. The lowest BCUT2D eigenvalue weighted by Crippen LogP contribution is -2.40. The van der Waals surface area contributed by atoms with E-state index in [2.05, 4.69) is 15.1 Å². The zero-order valence-electron chi connectivity index (χ0n) is 16.5. The number of hydrogen-bond donors (Lipinski definition) is 0. The van der Waals surface area contributed by atoms with Gasteiger partial charge in [0.15, 0.2) is 0 Å². The summed E-state index contributed by atoms with van der Waals surface area (Å²) in [6, 6.07) is 7.01. The molecule has 7 nitrogen and oxygen atoms in total. The molecule has 162 valence electrons. The topological polar surface area (TPSA) is 81.0 Å². The molecule has 3 aromatic rings. The smallest absolute Gasteiger partial charge is 0.337 e. The Bertz CT molecular complexity index is 1160.